The van der Waals surface area contributed by atoms with Crippen molar-refractivity contribution < 1.29 is 17.9 Å². The van der Waals surface area contributed by atoms with E-state index >= 15 is 0 Å². The monoisotopic (exact) mass is 290 g/mol. The summed E-state index contributed by atoms with van der Waals surface area (Å²) in [5.41, 5.74) is 1.56. The minimum absolute atomic E-state index is 0.0284. The molecule has 0 unspecified atom stereocenters. The number of alkyl halides is 3. The first-order valence-corrected chi connectivity index (χ1v) is 5.90. The third kappa shape index (κ3) is 3.55. The van der Waals surface area contributed by atoms with E-state index in [2.05, 4.69) is 15.6 Å². The second-order valence-electron chi connectivity index (χ2n) is 3.46. The van der Waals surface area contributed by atoms with Crippen LogP contribution in [-0.4, -0.2) is 10.2 Å². The van der Waals surface area contributed by atoms with Crippen LogP contribution in [0.4, 0.5) is 18.3 Å². The molecule has 9 heteroatoms. The predicted molar refractivity (Wildman–Crippen MR) is 63.5 cm³/mol. The molecule has 0 aliphatic carbocycles. The van der Waals surface area contributed by atoms with E-state index in [9.17, 15) is 13.2 Å². The lowest BCUT2D eigenvalue weighted by Gasteiger charge is -2.09. The van der Waals surface area contributed by atoms with Crippen molar-refractivity contribution in [1.82, 2.24) is 10.2 Å². The molecule has 5 nitrogen and oxygen atoms in total. The number of ether oxygens (including phenoxy) is 1. The van der Waals surface area contributed by atoms with Crippen LogP contribution in [-0.2, 0) is 12.8 Å². The molecule has 0 fully saturated rings. The van der Waals surface area contributed by atoms with E-state index in [0.717, 1.165) is 23.5 Å². The van der Waals surface area contributed by atoms with Gasteiger partial charge in [0.2, 0.25) is 5.13 Å². The van der Waals surface area contributed by atoms with Gasteiger partial charge in [-0.1, -0.05) is 17.4 Å². The average molecular weight is 290 g/mol. The Morgan fingerprint density at radius 2 is 2.11 bits per heavy atom. The maximum absolute atomic E-state index is 12.5. The van der Waals surface area contributed by atoms with Crippen molar-refractivity contribution in [3.8, 4) is 5.75 Å². The quantitative estimate of drug-likeness (QED) is 0.668. The van der Waals surface area contributed by atoms with E-state index in [1.807, 2.05) is 0 Å². The second-order valence-corrected chi connectivity index (χ2v) is 4.52. The summed E-state index contributed by atoms with van der Waals surface area (Å²) in [5, 5.41) is 8.34. The number of rotatable bonds is 4. The Hall–Kier alpha value is -1.87. The van der Waals surface area contributed by atoms with Crippen LogP contribution < -0.4 is 16.0 Å². The largest absolute Gasteiger partial charge is 0.486 e. The van der Waals surface area contributed by atoms with E-state index in [-0.39, 0.29) is 12.4 Å². The highest BCUT2D eigenvalue weighted by atomic mass is 32.1. The first kappa shape index (κ1) is 13.6. The van der Waals surface area contributed by atoms with Crippen molar-refractivity contribution in [2.24, 2.45) is 5.84 Å². The van der Waals surface area contributed by atoms with Gasteiger partial charge in [-0.15, -0.1) is 10.2 Å². The number of nitrogens with zero attached hydrogens (tertiary/aromatic N) is 2. The summed E-state index contributed by atoms with van der Waals surface area (Å²) in [5.74, 6) is 5.25. The Labute approximate surface area is 110 Å². The minimum Gasteiger partial charge on any atom is -0.486 e. The molecule has 102 valence electrons. The number of hydrazine groups is 1. The SMILES string of the molecule is NNc1nnc(COc2cccc(C(F)(F)F)c2)s1. The Bertz CT molecular complexity index is 558. The summed E-state index contributed by atoms with van der Waals surface area (Å²) in [6.07, 6.45) is -4.39. The molecule has 0 amide bonds. The van der Waals surface area contributed by atoms with Crippen LogP contribution in [0.2, 0.25) is 0 Å². The van der Waals surface area contributed by atoms with Crippen LogP contribution in [0.5, 0.6) is 5.75 Å². The summed E-state index contributed by atoms with van der Waals surface area (Å²) in [4.78, 5) is 0. The number of hydrogen-bond acceptors (Lipinski definition) is 6. The third-order valence-electron chi connectivity index (χ3n) is 2.11. The number of hydrogen-bond donors (Lipinski definition) is 2. The molecular weight excluding hydrogens is 281 g/mol. The molecular formula is C10H9F3N4OS. The lowest BCUT2D eigenvalue weighted by molar-refractivity contribution is -0.137. The van der Waals surface area contributed by atoms with Crippen LogP contribution in [0.3, 0.4) is 0 Å². The predicted octanol–water partition coefficient (Wildman–Crippen LogP) is 2.42. The topological polar surface area (TPSA) is 73.1 Å². The van der Waals surface area contributed by atoms with Crippen molar-refractivity contribution in [1.29, 1.82) is 0 Å². The van der Waals surface area contributed by atoms with Crippen LogP contribution in [0, 0.1) is 0 Å². The number of nitrogens with one attached hydrogen (secondary N) is 1. The van der Waals surface area contributed by atoms with E-state index in [4.69, 9.17) is 10.6 Å². The van der Waals surface area contributed by atoms with Gasteiger partial charge >= 0.3 is 6.18 Å². The molecule has 19 heavy (non-hydrogen) atoms. The zero-order valence-corrected chi connectivity index (χ0v) is 10.3. The Balaban J connectivity index is 2.03. The normalized spacial score (nSPS) is 11.4. The summed E-state index contributed by atoms with van der Waals surface area (Å²) in [6, 6.07) is 4.64. The number of anilines is 1. The van der Waals surface area contributed by atoms with Crippen molar-refractivity contribution in [3.05, 3.63) is 34.8 Å². The Kier molecular flexibility index (Phi) is 3.86. The van der Waals surface area contributed by atoms with Gasteiger partial charge in [-0.3, -0.25) is 5.43 Å². The molecule has 3 N–H and O–H groups in total. The fourth-order valence-electron chi connectivity index (χ4n) is 1.28. The fraction of sp³-hybridized carbons (Fsp3) is 0.200. The second kappa shape index (κ2) is 5.41. The molecule has 0 aliphatic heterocycles. The lowest BCUT2D eigenvalue weighted by Crippen LogP contribution is -2.05. The van der Waals surface area contributed by atoms with Crippen LogP contribution in [0.15, 0.2) is 24.3 Å². The van der Waals surface area contributed by atoms with Gasteiger partial charge in [0, 0.05) is 0 Å². The number of nitrogens with two attached hydrogens (primary N) is 1. The fourth-order valence-corrected chi connectivity index (χ4v) is 1.84. The standard InChI is InChI=1S/C10H9F3N4OS/c11-10(12,13)6-2-1-3-7(4-6)18-5-8-16-17-9(15-14)19-8/h1-4H,5,14H2,(H,15,17). The zero-order valence-electron chi connectivity index (χ0n) is 9.44. The highest BCUT2D eigenvalue weighted by molar-refractivity contribution is 7.15. The van der Waals surface area contributed by atoms with Crippen molar-refractivity contribution in [2.45, 2.75) is 12.8 Å². The summed E-state index contributed by atoms with van der Waals surface area (Å²) in [7, 11) is 0. The van der Waals surface area contributed by atoms with E-state index in [1.54, 1.807) is 0 Å². The highest BCUT2D eigenvalue weighted by Gasteiger charge is 2.30. The molecule has 0 bridgehead atoms. The van der Waals surface area contributed by atoms with Crippen LogP contribution >= 0.6 is 11.3 Å². The molecule has 0 aliphatic rings. The summed E-state index contributed by atoms with van der Waals surface area (Å²) in [6.45, 7) is 0.0284. The zero-order chi connectivity index (χ0) is 13.9. The number of benzene rings is 1. The van der Waals surface area contributed by atoms with Crippen molar-refractivity contribution in [3.63, 3.8) is 0 Å². The Morgan fingerprint density at radius 3 is 2.74 bits per heavy atom. The van der Waals surface area contributed by atoms with E-state index in [1.165, 1.54) is 12.1 Å². The lowest BCUT2D eigenvalue weighted by atomic mass is 10.2. The van der Waals surface area contributed by atoms with Gasteiger partial charge < -0.3 is 4.74 Å². The van der Waals surface area contributed by atoms with Gasteiger partial charge in [-0.2, -0.15) is 13.2 Å². The molecule has 0 saturated carbocycles. The number of aromatic nitrogens is 2. The summed E-state index contributed by atoms with van der Waals surface area (Å²) < 4.78 is 42.7. The maximum Gasteiger partial charge on any atom is 0.416 e. The molecule has 0 saturated heterocycles. The molecule has 1 aromatic heterocycles. The summed E-state index contributed by atoms with van der Waals surface area (Å²) >= 11 is 1.16. The first-order chi connectivity index (χ1) is 8.99. The minimum atomic E-state index is -4.39. The molecule has 0 radical (unpaired) electrons. The molecule has 1 heterocycles. The first-order valence-electron chi connectivity index (χ1n) is 5.08. The highest BCUT2D eigenvalue weighted by Crippen LogP contribution is 2.31. The average Bonchev–Trinajstić information content (AvgIpc) is 2.84. The maximum atomic E-state index is 12.5. The van der Waals surface area contributed by atoms with Gasteiger partial charge in [-0.25, -0.2) is 5.84 Å². The van der Waals surface area contributed by atoms with Crippen LogP contribution in [0.1, 0.15) is 10.6 Å². The Morgan fingerprint density at radius 1 is 1.32 bits per heavy atom. The van der Waals surface area contributed by atoms with Crippen LogP contribution in [0.25, 0.3) is 0 Å². The smallest absolute Gasteiger partial charge is 0.416 e. The number of halogens is 3. The third-order valence-corrected chi connectivity index (χ3v) is 2.94. The van der Waals surface area contributed by atoms with Crippen molar-refractivity contribution >= 4 is 16.5 Å². The molecule has 2 aromatic rings. The van der Waals surface area contributed by atoms with Gasteiger partial charge in [-0.05, 0) is 18.2 Å². The molecule has 0 spiro atoms. The molecule has 2 rings (SSSR count). The van der Waals surface area contributed by atoms with Gasteiger partial charge in [0.15, 0.2) is 5.01 Å². The van der Waals surface area contributed by atoms with Gasteiger partial charge in [0.25, 0.3) is 0 Å². The number of nitrogen functional groups attached to an aromatic ring is 1. The van der Waals surface area contributed by atoms with Crippen molar-refractivity contribution in [2.75, 3.05) is 5.43 Å². The molecule has 1 aromatic carbocycles. The molecule has 0 atom stereocenters. The van der Waals surface area contributed by atoms with Gasteiger partial charge in [0.05, 0.1) is 5.56 Å². The van der Waals surface area contributed by atoms with E-state index in [0.29, 0.717) is 10.1 Å². The van der Waals surface area contributed by atoms with E-state index < -0.39 is 11.7 Å². The van der Waals surface area contributed by atoms with Gasteiger partial charge in [0.1, 0.15) is 12.4 Å².